The van der Waals surface area contributed by atoms with Crippen LogP contribution in [-0.4, -0.2) is 90.5 Å². The minimum Gasteiger partial charge on any atom is -0.459 e. The first-order valence-corrected chi connectivity index (χ1v) is 18.7. The number of carbonyl (C=O) groups excluding carboxylic acids is 2. The topological polar surface area (TPSA) is 148 Å². The van der Waals surface area contributed by atoms with Gasteiger partial charge in [-0.25, -0.2) is 9.59 Å². The number of benzene rings is 1. The SMILES string of the molecule is C=CCCOC(=O)N(C)[C@H]1CC(=NOC(C)(C)C)C2=C[C@H](CCCCO)[C@@H](CCCCO)[C@@H]3c4cc(OC(=O)NCC)ccc4O[C@@]1(OCC=C)[C@H]23. The lowest BCUT2D eigenvalue weighted by Gasteiger charge is -2.59. The number of carbonyl (C=O) groups is 2. The van der Waals surface area contributed by atoms with Gasteiger partial charge in [0.05, 0.1) is 24.8 Å². The van der Waals surface area contributed by atoms with E-state index in [0.717, 1.165) is 36.8 Å². The fraction of sp³-hybridized carbons (Fsp3) is 0.625. The quantitative estimate of drug-likeness (QED) is 0.0838. The van der Waals surface area contributed by atoms with Gasteiger partial charge in [-0.1, -0.05) is 36.2 Å². The van der Waals surface area contributed by atoms with Crippen molar-refractivity contribution in [2.24, 2.45) is 22.9 Å². The first-order valence-electron chi connectivity index (χ1n) is 18.7. The van der Waals surface area contributed by atoms with Crippen molar-refractivity contribution in [2.75, 3.05) is 40.0 Å². The molecule has 3 N–H and O–H groups in total. The van der Waals surface area contributed by atoms with Crippen LogP contribution in [0.15, 0.2) is 60.3 Å². The van der Waals surface area contributed by atoms with E-state index in [1.54, 1.807) is 31.3 Å². The van der Waals surface area contributed by atoms with Gasteiger partial charge in [0.2, 0.25) is 5.79 Å². The van der Waals surface area contributed by atoms with Crippen molar-refractivity contribution in [1.82, 2.24) is 10.2 Å². The van der Waals surface area contributed by atoms with Crippen LogP contribution < -0.4 is 14.8 Å². The zero-order chi connectivity index (χ0) is 37.9. The first kappa shape index (κ1) is 40.9. The number of oxime groups is 1. The normalized spacial score (nSPS) is 25.5. The number of ether oxygens (including phenoxy) is 4. The molecule has 1 heterocycles. The summed E-state index contributed by atoms with van der Waals surface area (Å²) >= 11 is 0. The molecule has 1 aliphatic heterocycles. The summed E-state index contributed by atoms with van der Waals surface area (Å²) in [5.41, 5.74) is 1.86. The molecule has 4 rings (SSSR count). The third kappa shape index (κ3) is 9.56. The fourth-order valence-electron chi connectivity index (χ4n) is 7.73. The van der Waals surface area contributed by atoms with Crippen LogP contribution >= 0.6 is 0 Å². The fourth-order valence-corrected chi connectivity index (χ4v) is 7.73. The van der Waals surface area contributed by atoms with E-state index in [0.29, 0.717) is 43.0 Å². The standard InChI is InChI=1S/C40H59N3O9/c1-8-11-23-48-38(47)43(7)34-26-32(42-52-39(4,5)6)30-24-27(16-12-14-20-44)29(17-13-15-21-45)35-31-25-28(50-37(46)41-10-3)18-19-33(31)51-40(34,36(30)35)49-22-9-2/h8-9,18-19,24-25,27,29,34-36,44-45H,1-2,10-17,20-23,26H2,3-7H3,(H,41,46)/t27-,29+,34-,35+,36+,40+/m0/s1. The van der Waals surface area contributed by atoms with Crippen molar-refractivity contribution in [1.29, 1.82) is 0 Å². The summed E-state index contributed by atoms with van der Waals surface area (Å²) in [6, 6.07) is 4.66. The van der Waals surface area contributed by atoms with Crippen LogP contribution in [0, 0.1) is 17.8 Å². The van der Waals surface area contributed by atoms with Gasteiger partial charge < -0.3 is 44.2 Å². The lowest BCUT2D eigenvalue weighted by molar-refractivity contribution is -0.253. The van der Waals surface area contributed by atoms with E-state index in [4.69, 9.17) is 28.9 Å². The van der Waals surface area contributed by atoms with Crippen LogP contribution in [0.2, 0.25) is 0 Å². The summed E-state index contributed by atoms with van der Waals surface area (Å²) in [5, 5.41) is 27.0. The third-order valence-corrected chi connectivity index (χ3v) is 9.91. The number of aliphatic hydroxyl groups is 2. The Morgan fingerprint density at radius 3 is 2.50 bits per heavy atom. The molecule has 52 heavy (non-hydrogen) atoms. The van der Waals surface area contributed by atoms with Crippen LogP contribution in [0.5, 0.6) is 11.5 Å². The minimum atomic E-state index is -1.40. The average Bonchev–Trinajstić information content (AvgIpc) is 3.10. The molecule has 0 bridgehead atoms. The summed E-state index contributed by atoms with van der Waals surface area (Å²) < 4.78 is 25.3. The predicted octanol–water partition coefficient (Wildman–Crippen LogP) is 6.87. The molecule has 12 heteroatoms. The van der Waals surface area contributed by atoms with E-state index in [-0.39, 0.29) is 50.6 Å². The zero-order valence-electron chi connectivity index (χ0n) is 31.6. The molecule has 6 atom stereocenters. The number of rotatable bonds is 18. The molecule has 0 saturated heterocycles. The number of hydrogen-bond donors (Lipinski definition) is 3. The highest BCUT2D eigenvalue weighted by Crippen LogP contribution is 2.61. The molecule has 0 aromatic heterocycles. The van der Waals surface area contributed by atoms with E-state index in [1.807, 2.05) is 33.8 Å². The number of hydrogen-bond acceptors (Lipinski definition) is 10. The van der Waals surface area contributed by atoms with Crippen LogP contribution in [-0.2, 0) is 14.3 Å². The molecule has 3 aliphatic rings. The average molecular weight is 726 g/mol. The Morgan fingerprint density at radius 2 is 1.85 bits per heavy atom. The molecule has 2 amide bonds. The summed E-state index contributed by atoms with van der Waals surface area (Å²) in [7, 11) is 1.69. The Kier molecular flexibility index (Phi) is 14.7. The first-order chi connectivity index (χ1) is 24.9. The Balaban J connectivity index is 2.01. The van der Waals surface area contributed by atoms with Crippen LogP contribution in [0.4, 0.5) is 9.59 Å². The molecule has 1 aromatic carbocycles. The van der Waals surface area contributed by atoms with Gasteiger partial charge in [-0.15, -0.1) is 13.2 Å². The zero-order valence-corrected chi connectivity index (χ0v) is 31.6. The Bertz CT molecular complexity index is 1450. The van der Waals surface area contributed by atoms with Gasteiger partial charge in [-0.2, -0.15) is 0 Å². The highest BCUT2D eigenvalue weighted by molar-refractivity contribution is 6.03. The Labute approximate surface area is 308 Å². The van der Waals surface area contributed by atoms with Crippen LogP contribution in [0.25, 0.3) is 0 Å². The van der Waals surface area contributed by atoms with Gasteiger partial charge in [-0.05, 0) is 95.4 Å². The summed E-state index contributed by atoms with van der Waals surface area (Å²) in [4.78, 5) is 33.9. The van der Waals surface area contributed by atoms with Gasteiger partial charge in [0.25, 0.3) is 0 Å². The highest BCUT2D eigenvalue weighted by Gasteiger charge is 2.65. The second kappa shape index (κ2) is 18.8. The van der Waals surface area contributed by atoms with Crippen molar-refractivity contribution >= 4 is 17.9 Å². The molecule has 1 saturated carbocycles. The maximum absolute atomic E-state index is 13.7. The Hall–Kier alpha value is -3.87. The van der Waals surface area contributed by atoms with Crippen molar-refractivity contribution in [3.05, 3.63) is 60.7 Å². The van der Waals surface area contributed by atoms with Gasteiger partial charge >= 0.3 is 12.2 Å². The molecule has 0 unspecified atom stereocenters. The van der Waals surface area contributed by atoms with Crippen molar-refractivity contribution in [3.8, 4) is 11.5 Å². The number of nitrogens with one attached hydrogen (secondary N) is 1. The second-order valence-corrected chi connectivity index (χ2v) is 14.7. The maximum Gasteiger partial charge on any atom is 0.412 e. The van der Waals surface area contributed by atoms with E-state index in [1.165, 1.54) is 4.90 Å². The number of amides is 2. The molecular formula is C40H59N3O9. The van der Waals surface area contributed by atoms with Crippen LogP contribution in [0.3, 0.4) is 0 Å². The lowest BCUT2D eigenvalue weighted by atomic mass is 9.55. The number of fused-ring (bicyclic) bond motifs is 2. The number of unbranched alkanes of at least 4 members (excludes halogenated alkanes) is 2. The van der Waals surface area contributed by atoms with Gasteiger partial charge in [0.1, 0.15) is 23.1 Å². The number of allylic oxidation sites excluding steroid dienone is 1. The molecule has 2 aliphatic carbocycles. The monoisotopic (exact) mass is 725 g/mol. The molecule has 1 aromatic rings. The highest BCUT2D eigenvalue weighted by atomic mass is 16.7. The minimum absolute atomic E-state index is 0.0291. The summed E-state index contributed by atoms with van der Waals surface area (Å²) in [6.45, 7) is 16.2. The van der Waals surface area contributed by atoms with E-state index in [9.17, 15) is 19.8 Å². The molecule has 1 fully saturated rings. The second-order valence-electron chi connectivity index (χ2n) is 14.7. The van der Waals surface area contributed by atoms with Gasteiger partial charge in [-0.3, -0.25) is 0 Å². The maximum atomic E-state index is 13.7. The molecule has 0 spiro atoms. The van der Waals surface area contributed by atoms with Crippen LogP contribution in [0.1, 0.15) is 90.5 Å². The Morgan fingerprint density at radius 1 is 1.12 bits per heavy atom. The number of likely N-dealkylation sites (N-methyl/N-ethyl adjacent to an activating group) is 1. The van der Waals surface area contributed by atoms with E-state index < -0.39 is 35.5 Å². The molecule has 288 valence electrons. The largest absolute Gasteiger partial charge is 0.459 e. The van der Waals surface area contributed by atoms with Crippen molar-refractivity contribution < 1.29 is 43.6 Å². The lowest BCUT2D eigenvalue weighted by Crippen LogP contribution is -2.69. The van der Waals surface area contributed by atoms with E-state index in [2.05, 4.69) is 24.6 Å². The molecule has 0 radical (unpaired) electrons. The smallest absolute Gasteiger partial charge is 0.412 e. The third-order valence-electron chi connectivity index (χ3n) is 9.91. The van der Waals surface area contributed by atoms with Gasteiger partial charge in [0.15, 0.2) is 0 Å². The van der Waals surface area contributed by atoms with Gasteiger partial charge in [0, 0.05) is 44.7 Å². The summed E-state index contributed by atoms with van der Waals surface area (Å²) in [6.07, 6.45) is 9.80. The number of nitrogens with zero attached hydrogens (tertiary/aromatic N) is 2. The van der Waals surface area contributed by atoms with E-state index >= 15 is 0 Å². The predicted molar refractivity (Wildman–Crippen MR) is 199 cm³/mol. The number of aliphatic hydroxyl groups excluding tert-OH is 2. The molecular weight excluding hydrogens is 666 g/mol. The molecule has 12 nitrogen and oxygen atoms in total. The summed E-state index contributed by atoms with van der Waals surface area (Å²) in [5.74, 6) is -1.13. The van der Waals surface area contributed by atoms with Crippen molar-refractivity contribution in [3.63, 3.8) is 0 Å². The van der Waals surface area contributed by atoms with Crippen molar-refractivity contribution in [2.45, 2.75) is 102 Å².